The van der Waals surface area contributed by atoms with Crippen LogP contribution in [-0.2, 0) is 0 Å². The van der Waals surface area contributed by atoms with E-state index < -0.39 is 0 Å². The first-order valence-corrected chi connectivity index (χ1v) is 5.28. The van der Waals surface area contributed by atoms with E-state index in [9.17, 15) is 0 Å². The number of methoxy groups -OCH3 is 2. The highest BCUT2D eigenvalue weighted by molar-refractivity contribution is 5.85. The van der Waals surface area contributed by atoms with Gasteiger partial charge in [-0.05, 0) is 36.6 Å². The summed E-state index contributed by atoms with van der Waals surface area (Å²) in [6.07, 6.45) is 1.20. The first-order valence-electron chi connectivity index (χ1n) is 5.28. The number of ether oxygens (including phenoxy) is 2. The van der Waals surface area contributed by atoms with E-state index in [-0.39, 0.29) is 12.4 Å². The maximum absolute atomic E-state index is 5.29. The van der Waals surface area contributed by atoms with Gasteiger partial charge in [0, 0.05) is 6.54 Å². The molecule has 0 aliphatic carbocycles. The maximum Gasteiger partial charge on any atom is 0.160 e. The lowest BCUT2D eigenvalue weighted by Gasteiger charge is -2.13. The summed E-state index contributed by atoms with van der Waals surface area (Å²) in [7, 11) is 3.34. The Morgan fingerprint density at radius 1 is 1.19 bits per heavy atom. The third-order valence-corrected chi connectivity index (χ3v) is 2.94. The third kappa shape index (κ3) is 2.60. The van der Waals surface area contributed by atoms with E-state index in [2.05, 4.69) is 17.4 Å². The van der Waals surface area contributed by atoms with E-state index >= 15 is 0 Å². The Morgan fingerprint density at radius 2 is 1.94 bits per heavy atom. The van der Waals surface area contributed by atoms with Crippen molar-refractivity contribution >= 4 is 12.4 Å². The van der Waals surface area contributed by atoms with Crippen LogP contribution in [0.2, 0.25) is 0 Å². The summed E-state index contributed by atoms with van der Waals surface area (Å²) in [5.41, 5.74) is 1.33. The van der Waals surface area contributed by atoms with Crippen LogP contribution in [0.4, 0.5) is 0 Å². The summed E-state index contributed by atoms with van der Waals surface area (Å²) in [6, 6.07) is 6.18. The lowest BCUT2D eigenvalue weighted by molar-refractivity contribution is 0.354. The predicted molar refractivity (Wildman–Crippen MR) is 67.0 cm³/mol. The van der Waals surface area contributed by atoms with E-state index in [1.807, 2.05) is 6.07 Å². The highest BCUT2D eigenvalue weighted by Crippen LogP contribution is 2.32. The number of halogens is 1. The predicted octanol–water partition coefficient (Wildman–Crippen LogP) is 2.20. The summed E-state index contributed by atoms with van der Waals surface area (Å²) < 4.78 is 10.5. The molecule has 0 saturated carbocycles. The lowest BCUT2D eigenvalue weighted by atomic mass is 9.98. The summed E-state index contributed by atoms with van der Waals surface area (Å²) in [4.78, 5) is 0. The van der Waals surface area contributed by atoms with Crippen molar-refractivity contribution in [1.29, 1.82) is 0 Å². The van der Waals surface area contributed by atoms with Gasteiger partial charge in [-0.25, -0.2) is 0 Å². The van der Waals surface area contributed by atoms with Crippen LogP contribution < -0.4 is 14.8 Å². The van der Waals surface area contributed by atoms with Gasteiger partial charge in [0.2, 0.25) is 0 Å². The van der Waals surface area contributed by atoms with Gasteiger partial charge in [0.1, 0.15) is 0 Å². The average Bonchev–Trinajstić information content (AvgIpc) is 2.81. The van der Waals surface area contributed by atoms with Gasteiger partial charge in [-0.3, -0.25) is 0 Å². The van der Waals surface area contributed by atoms with Crippen molar-refractivity contribution in [2.75, 3.05) is 27.3 Å². The van der Waals surface area contributed by atoms with Crippen LogP contribution >= 0.6 is 12.4 Å². The van der Waals surface area contributed by atoms with Crippen LogP contribution in [0.5, 0.6) is 11.5 Å². The SMILES string of the molecule is COc1ccc([C@H]2CCNC2)cc1OC.Cl. The molecule has 2 rings (SSSR count). The summed E-state index contributed by atoms with van der Waals surface area (Å²) >= 11 is 0. The van der Waals surface area contributed by atoms with Gasteiger partial charge in [0.05, 0.1) is 14.2 Å². The molecule has 0 bridgehead atoms. The van der Waals surface area contributed by atoms with Crippen molar-refractivity contribution in [2.24, 2.45) is 0 Å². The van der Waals surface area contributed by atoms with Gasteiger partial charge in [-0.15, -0.1) is 12.4 Å². The minimum absolute atomic E-state index is 0. The Balaban J connectivity index is 0.00000128. The molecule has 1 aromatic rings. The van der Waals surface area contributed by atoms with E-state index in [0.29, 0.717) is 5.92 Å². The fourth-order valence-electron chi connectivity index (χ4n) is 2.05. The fraction of sp³-hybridized carbons (Fsp3) is 0.500. The molecule has 1 fully saturated rings. The van der Waals surface area contributed by atoms with Crippen LogP contribution in [0.1, 0.15) is 17.9 Å². The molecule has 0 aromatic heterocycles. The molecular formula is C12H18ClNO2. The first kappa shape index (κ1) is 13.1. The zero-order valence-electron chi connectivity index (χ0n) is 9.66. The van der Waals surface area contributed by atoms with Gasteiger partial charge in [0.15, 0.2) is 11.5 Å². The number of hydrogen-bond acceptors (Lipinski definition) is 3. The topological polar surface area (TPSA) is 30.5 Å². The summed E-state index contributed by atoms with van der Waals surface area (Å²) in [6.45, 7) is 2.18. The van der Waals surface area contributed by atoms with Crippen molar-refractivity contribution < 1.29 is 9.47 Å². The average molecular weight is 244 g/mol. The molecule has 1 heterocycles. The number of rotatable bonds is 3. The van der Waals surface area contributed by atoms with Crippen LogP contribution in [0.15, 0.2) is 18.2 Å². The molecule has 1 aromatic carbocycles. The number of benzene rings is 1. The molecule has 1 N–H and O–H groups in total. The van der Waals surface area contributed by atoms with Gasteiger partial charge in [-0.1, -0.05) is 6.07 Å². The first-order chi connectivity index (χ1) is 7.35. The zero-order chi connectivity index (χ0) is 10.7. The van der Waals surface area contributed by atoms with Gasteiger partial charge in [0.25, 0.3) is 0 Å². The Labute approximate surface area is 103 Å². The molecular weight excluding hydrogens is 226 g/mol. The van der Waals surface area contributed by atoms with Crippen molar-refractivity contribution in [2.45, 2.75) is 12.3 Å². The fourth-order valence-corrected chi connectivity index (χ4v) is 2.05. The Bertz CT molecular complexity index is 338. The van der Waals surface area contributed by atoms with Crippen molar-refractivity contribution in [3.05, 3.63) is 23.8 Å². The molecule has 4 heteroatoms. The third-order valence-electron chi connectivity index (χ3n) is 2.94. The Kier molecular flexibility index (Phi) is 4.90. The van der Waals surface area contributed by atoms with Crippen LogP contribution in [0.25, 0.3) is 0 Å². The second kappa shape index (κ2) is 5.97. The van der Waals surface area contributed by atoms with Crippen molar-refractivity contribution in [3.8, 4) is 11.5 Å². The quantitative estimate of drug-likeness (QED) is 0.883. The van der Waals surface area contributed by atoms with E-state index in [1.54, 1.807) is 14.2 Å². The molecule has 90 valence electrons. The standard InChI is InChI=1S/C12H17NO2.ClH/c1-14-11-4-3-9(7-12(11)15-2)10-5-6-13-8-10;/h3-4,7,10,13H,5-6,8H2,1-2H3;1H/t10-;/m0./s1. The van der Waals surface area contributed by atoms with Crippen molar-refractivity contribution in [3.63, 3.8) is 0 Å². The normalized spacial score (nSPS) is 19.0. The molecule has 0 spiro atoms. The van der Waals surface area contributed by atoms with Gasteiger partial charge >= 0.3 is 0 Å². The molecule has 0 radical (unpaired) electrons. The van der Waals surface area contributed by atoms with Crippen molar-refractivity contribution in [1.82, 2.24) is 5.32 Å². The Morgan fingerprint density at radius 3 is 2.50 bits per heavy atom. The van der Waals surface area contributed by atoms with Crippen LogP contribution in [0.3, 0.4) is 0 Å². The van der Waals surface area contributed by atoms with E-state index in [1.165, 1.54) is 12.0 Å². The number of nitrogens with one attached hydrogen (secondary N) is 1. The molecule has 16 heavy (non-hydrogen) atoms. The highest BCUT2D eigenvalue weighted by Gasteiger charge is 2.17. The largest absolute Gasteiger partial charge is 0.493 e. The zero-order valence-corrected chi connectivity index (χ0v) is 10.5. The van der Waals surface area contributed by atoms with E-state index in [0.717, 1.165) is 24.6 Å². The summed E-state index contributed by atoms with van der Waals surface area (Å²) in [5, 5.41) is 3.36. The number of hydrogen-bond donors (Lipinski definition) is 1. The molecule has 3 nitrogen and oxygen atoms in total. The van der Waals surface area contributed by atoms with Gasteiger partial charge in [-0.2, -0.15) is 0 Å². The minimum atomic E-state index is 0. The molecule has 1 saturated heterocycles. The lowest BCUT2D eigenvalue weighted by Crippen LogP contribution is -2.08. The maximum atomic E-state index is 5.29. The Hall–Kier alpha value is -0.930. The second-order valence-corrected chi connectivity index (χ2v) is 3.80. The summed E-state index contributed by atoms with van der Waals surface area (Å²) in [5.74, 6) is 2.24. The molecule has 1 atom stereocenters. The van der Waals surface area contributed by atoms with E-state index in [4.69, 9.17) is 9.47 Å². The molecule has 0 unspecified atom stereocenters. The molecule has 1 aliphatic rings. The van der Waals surface area contributed by atoms with Crippen LogP contribution in [-0.4, -0.2) is 27.3 Å². The molecule has 1 aliphatic heterocycles. The van der Waals surface area contributed by atoms with Gasteiger partial charge < -0.3 is 14.8 Å². The molecule has 0 amide bonds. The smallest absolute Gasteiger partial charge is 0.160 e. The monoisotopic (exact) mass is 243 g/mol. The second-order valence-electron chi connectivity index (χ2n) is 3.80. The van der Waals surface area contributed by atoms with Crippen LogP contribution in [0, 0.1) is 0 Å². The highest BCUT2D eigenvalue weighted by atomic mass is 35.5. The minimum Gasteiger partial charge on any atom is -0.493 e.